The lowest BCUT2D eigenvalue weighted by Crippen LogP contribution is -2.38. The molecule has 2 aliphatic rings. The Morgan fingerprint density at radius 1 is 1.18 bits per heavy atom. The molecule has 0 bridgehead atoms. The van der Waals surface area contributed by atoms with Crippen LogP contribution >= 0.6 is 11.6 Å². The molecule has 10 heteroatoms. The first-order chi connectivity index (χ1) is 16.3. The van der Waals surface area contributed by atoms with Crippen molar-refractivity contribution in [2.75, 3.05) is 0 Å². The van der Waals surface area contributed by atoms with Crippen molar-refractivity contribution in [3.63, 3.8) is 0 Å². The average Bonchev–Trinajstić information content (AvgIpc) is 3.30. The summed E-state index contributed by atoms with van der Waals surface area (Å²) in [6.07, 6.45) is 4.35. The lowest BCUT2D eigenvalue weighted by atomic mass is 9.81. The predicted octanol–water partition coefficient (Wildman–Crippen LogP) is 3.70. The second-order valence-corrected chi connectivity index (χ2v) is 9.22. The van der Waals surface area contributed by atoms with Gasteiger partial charge in [-0.05, 0) is 62.3 Å². The Labute approximate surface area is 202 Å². The first-order valence-corrected chi connectivity index (χ1v) is 11.7. The quantitative estimate of drug-likeness (QED) is 0.646. The molecule has 4 rings (SSSR count). The summed E-state index contributed by atoms with van der Waals surface area (Å²) >= 11 is 5.81. The van der Waals surface area contributed by atoms with Crippen molar-refractivity contribution in [1.82, 2.24) is 20.6 Å². The SMILES string of the molecule is CC(=O)N[C@H]1CC[C@H](C2CC(c3cc(C(=O)NCc4ccc(F)c(Cl)c4)nc(C)n3)=NO2)CC1. The second kappa shape index (κ2) is 10.5. The van der Waals surface area contributed by atoms with Crippen molar-refractivity contribution in [3.8, 4) is 0 Å². The number of amides is 2. The molecule has 0 radical (unpaired) electrons. The van der Waals surface area contributed by atoms with E-state index in [1.54, 1.807) is 26.0 Å². The van der Waals surface area contributed by atoms with Crippen molar-refractivity contribution >= 4 is 29.1 Å². The van der Waals surface area contributed by atoms with Gasteiger partial charge >= 0.3 is 0 Å². The predicted molar refractivity (Wildman–Crippen MR) is 125 cm³/mol. The molecule has 8 nitrogen and oxygen atoms in total. The third-order valence-electron chi connectivity index (χ3n) is 6.20. The molecule has 2 amide bonds. The van der Waals surface area contributed by atoms with E-state index in [0.717, 1.165) is 25.7 Å². The average molecular weight is 488 g/mol. The molecule has 2 aromatic rings. The van der Waals surface area contributed by atoms with E-state index in [1.165, 1.54) is 12.1 Å². The topological polar surface area (TPSA) is 106 Å². The molecule has 1 aliphatic carbocycles. The van der Waals surface area contributed by atoms with Crippen LogP contribution in [-0.4, -0.2) is 39.6 Å². The number of aryl methyl sites for hydroxylation is 1. The third-order valence-corrected chi connectivity index (χ3v) is 6.49. The molecule has 0 saturated heterocycles. The number of halogens is 2. The van der Waals surface area contributed by atoms with Gasteiger partial charge in [0, 0.05) is 25.9 Å². The second-order valence-electron chi connectivity index (χ2n) is 8.81. The van der Waals surface area contributed by atoms with Crippen LogP contribution in [0, 0.1) is 18.7 Å². The van der Waals surface area contributed by atoms with Crippen LogP contribution in [0.2, 0.25) is 5.02 Å². The summed E-state index contributed by atoms with van der Waals surface area (Å²) in [6.45, 7) is 3.45. The van der Waals surface area contributed by atoms with Gasteiger partial charge in [-0.1, -0.05) is 22.8 Å². The van der Waals surface area contributed by atoms with Crippen molar-refractivity contribution in [2.45, 2.75) is 64.6 Å². The fourth-order valence-corrected chi connectivity index (χ4v) is 4.68. The molecule has 0 spiro atoms. The minimum Gasteiger partial charge on any atom is -0.391 e. The Morgan fingerprint density at radius 2 is 1.94 bits per heavy atom. The van der Waals surface area contributed by atoms with Crippen LogP contribution in [0.25, 0.3) is 0 Å². The van der Waals surface area contributed by atoms with E-state index in [0.29, 0.717) is 35.1 Å². The minimum absolute atomic E-state index is 0.00400. The number of oxime groups is 1. The zero-order valence-electron chi connectivity index (χ0n) is 19.1. The summed E-state index contributed by atoms with van der Waals surface area (Å²) in [7, 11) is 0. The lowest BCUT2D eigenvalue weighted by molar-refractivity contribution is -0.120. The van der Waals surface area contributed by atoms with Gasteiger partial charge in [0.2, 0.25) is 5.91 Å². The van der Waals surface area contributed by atoms with Crippen LogP contribution in [0.4, 0.5) is 4.39 Å². The van der Waals surface area contributed by atoms with Crippen LogP contribution < -0.4 is 10.6 Å². The van der Waals surface area contributed by atoms with Gasteiger partial charge in [-0.25, -0.2) is 14.4 Å². The molecule has 1 saturated carbocycles. The summed E-state index contributed by atoms with van der Waals surface area (Å²) in [5, 5.41) is 10.0. The van der Waals surface area contributed by atoms with Crippen molar-refractivity contribution in [2.24, 2.45) is 11.1 Å². The Kier molecular flexibility index (Phi) is 7.41. The van der Waals surface area contributed by atoms with E-state index in [-0.39, 0.29) is 41.2 Å². The fourth-order valence-electron chi connectivity index (χ4n) is 4.48. The molecular weight excluding hydrogens is 461 g/mol. The maximum atomic E-state index is 13.3. The van der Waals surface area contributed by atoms with Crippen molar-refractivity contribution in [3.05, 3.63) is 57.9 Å². The number of aromatic nitrogens is 2. The van der Waals surface area contributed by atoms with E-state index in [2.05, 4.69) is 25.8 Å². The number of nitrogens with zero attached hydrogens (tertiary/aromatic N) is 3. The van der Waals surface area contributed by atoms with Gasteiger partial charge in [0.15, 0.2) is 0 Å². The number of carbonyl (C=O) groups excluding carboxylic acids is 2. The van der Waals surface area contributed by atoms with Gasteiger partial charge in [0.25, 0.3) is 5.91 Å². The zero-order chi connectivity index (χ0) is 24.2. The van der Waals surface area contributed by atoms with E-state index in [9.17, 15) is 14.0 Å². The summed E-state index contributed by atoms with van der Waals surface area (Å²) in [4.78, 5) is 38.4. The van der Waals surface area contributed by atoms with Gasteiger partial charge in [-0.15, -0.1) is 0 Å². The largest absolute Gasteiger partial charge is 0.391 e. The highest BCUT2D eigenvalue weighted by Gasteiger charge is 2.34. The molecule has 1 aliphatic heterocycles. The number of rotatable bonds is 6. The highest BCUT2D eigenvalue weighted by Crippen LogP contribution is 2.33. The zero-order valence-corrected chi connectivity index (χ0v) is 19.9. The Bertz CT molecular complexity index is 1120. The molecule has 1 unspecified atom stereocenters. The summed E-state index contributed by atoms with van der Waals surface area (Å²) in [6, 6.07) is 6.14. The van der Waals surface area contributed by atoms with E-state index in [1.807, 2.05) is 0 Å². The first-order valence-electron chi connectivity index (χ1n) is 11.4. The molecule has 1 fully saturated rings. The Hall–Kier alpha value is -3.07. The molecule has 180 valence electrons. The van der Waals surface area contributed by atoms with Crippen LogP contribution in [0.3, 0.4) is 0 Å². The van der Waals surface area contributed by atoms with Gasteiger partial charge in [0.05, 0.1) is 10.7 Å². The summed E-state index contributed by atoms with van der Waals surface area (Å²) in [5.74, 6) is -0.0634. The van der Waals surface area contributed by atoms with Crippen molar-refractivity contribution in [1.29, 1.82) is 0 Å². The van der Waals surface area contributed by atoms with Gasteiger partial charge in [0.1, 0.15) is 29.2 Å². The fraction of sp³-hybridized carbons (Fsp3) is 0.458. The van der Waals surface area contributed by atoms with E-state index >= 15 is 0 Å². The van der Waals surface area contributed by atoms with Crippen LogP contribution in [0.5, 0.6) is 0 Å². The number of benzene rings is 1. The minimum atomic E-state index is -0.508. The first kappa shape index (κ1) is 24.1. The summed E-state index contributed by atoms with van der Waals surface area (Å²) < 4.78 is 13.3. The van der Waals surface area contributed by atoms with Gasteiger partial charge < -0.3 is 15.5 Å². The standard InChI is InChI=1S/C24H27ClFN5O3/c1-13-28-20(10-22(29-13)24(33)27-12-15-3-8-19(26)18(25)9-15)21-11-23(34-31-21)16-4-6-17(7-5-16)30-14(2)32/h3,8-10,16-17,23H,4-7,11-12H2,1-2H3,(H,27,33)(H,30,32)/t16-,17-,23?. The lowest BCUT2D eigenvalue weighted by Gasteiger charge is -2.31. The highest BCUT2D eigenvalue weighted by atomic mass is 35.5. The summed E-state index contributed by atoms with van der Waals surface area (Å²) in [5.41, 5.74) is 2.16. The maximum Gasteiger partial charge on any atom is 0.270 e. The highest BCUT2D eigenvalue weighted by molar-refractivity contribution is 6.30. The Morgan fingerprint density at radius 3 is 2.65 bits per heavy atom. The number of hydrogen-bond acceptors (Lipinski definition) is 6. The normalized spacial score (nSPS) is 22.0. The van der Waals surface area contributed by atoms with Crippen LogP contribution in [0.15, 0.2) is 29.4 Å². The van der Waals surface area contributed by atoms with Crippen molar-refractivity contribution < 1.29 is 18.8 Å². The van der Waals surface area contributed by atoms with Gasteiger partial charge in [-0.2, -0.15) is 0 Å². The Balaban J connectivity index is 1.36. The molecule has 1 aromatic carbocycles. The molecule has 34 heavy (non-hydrogen) atoms. The molecule has 2 heterocycles. The van der Waals surface area contributed by atoms with E-state index < -0.39 is 5.82 Å². The monoisotopic (exact) mass is 487 g/mol. The molecular formula is C24H27ClFN5O3. The smallest absolute Gasteiger partial charge is 0.270 e. The molecule has 2 N–H and O–H groups in total. The van der Waals surface area contributed by atoms with E-state index in [4.69, 9.17) is 16.4 Å². The number of nitrogens with one attached hydrogen (secondary N) is 2. The number of hydrogen-bond donors (Lipinski definition) is 2. The van der Waals surface area contributed by atoms with Gasteiger partial charge in [-0.3, -0.25) is 9.59 Å². The number of carbonyl (C=O) groups is 2. The van der Waals surface area contributed by atoms with Crippen LogP contribution in [0.1, 0.15) is 66.6 Å². The molecule has 1 aromatic heterocycles. The maximum absolute atomic E-state index is 13.3. The third kappa shape index (κ3) is 5.88. The molecule has 1 atom stereocenters. The van der Waals surface area contributed by atoms with Crippen LogP contribution in [-0.2, 0) is 16.2 Å².